The first-order valence-electron chi connectivity index (χ1n) is 7.87. The Morgan fingerprint density at radius 3 is 2.86 bits per heavy atom. The molecule has 0 spiro atoms. The Morgan fingerprint density at radius 1 is 1.25 bits per heavy atom. The number of rotatable bonds is 6. The molecule has 1 amide bonds. The molecule has 1 heterocycles. The lowest BCUT2D eigenvalue weighted by molar-refractivity contribution is -0.384. The third kappa shape index (κ3) is 4.70. The van der Waals surface area contributed by atoms with Crippen LogP contribution in [-0.4, -0.2) is 28.6 Å². The summed E-state index contributed by atoms with van der Waals surface area (Å²) in [6.07, 6.45) is 2.95. The van der Waals surface area contributed by atoms with Gasteiger partial charge in [-0.3, -0.25) is 19.9 Å². The van der Waals surface area contributed by atoms with Crippen LogP contribution in [0.1, 0.15) is 5.56 Å². The van der Waals surface area contributed by atoms with E-state index in [9.17, 15) is 14.9 Å². The van der Waals surface area contributed by atoms with E-state index in [-0.39, 0.29) is 12.3 Å². The molecule has 8 nitrogen and oxygen atoms in total. The van der Waals surface area contributed by atoms with E-state index in [4.69, 9.17) is 4.74 Å². The number of nitrogens with one attached hydrogen (secondary N) is 1. The van der Waals surface area contributed by atoms with Crippen molar-refractivity contribution in [3.63, 3.8) is 0 Å². The van der Waals surface area contributed by atoms with Gasteiger partial charge in [-0.25, -0.2) is 5.43 Å². The van der Waals surface area contributed by atoms with Crippen molar-refractivity contribution in [3.05, 3.63) is 73.3 Å². The van der Waals surface area contributed by atoms with Crippen LogP contribution in [0.3, 0.4) is 0 Å². The van der Waals surface area contributed by atoms with E-state index in [2.05, 4.69) is 47.4 Å². The van der Waals surface area contributed by atoms with E-state index in [0.717, 1.165) is 9.86 Å². The highest BCUT2D eigenvalue weighted by Gasteiger charge is 2.13. The number of amides is 1. The number of non-ortho nitro benzene ring substituents is 1. The van der Waals surface area contributed by atoms with Crippen LogP contribution in [0.25, 0.3) is 10.9 Å². The summed E-state index contributed by atoms with van der Waals surface area (Å²) >= 11 is 6.87. The highest BCUT2D eigenvalue weighted by Crippen LogP contribution is 2.37. The molecule has 0 fully saturated rings. The number of pyridine rings is 1. The number of nitro groups is 1. The zero-order valence-corrected chi connectivity index (χ0v) is 17.3. The molecular formula is C18H12Br2N4O4. The first-order valence-corrected chi connectivity index (χ1v) is 9.46. The maximum Gasteiger partial charge on any atom is 0.277 e. The Labute approximate surface area is 176 Å². The van der Waals surface area contributed by atoms with Gasteiger partial charge in [0.15, 0.2) is 12.4 Å². The van der Waals surface area contributed by atoms with Crippen LogP contribution in [0.4, 0.5) is 5.69 Å². The molecule has 0 atom stereocenters. The molecule has 3 aromatic rings. The maximum absolute atomic E-state index is 12.0. The SMILES string of the molecule is O=C(COc1c(Br)cc(Br)c2cccnc12)N/N=C\c1cccc([N+](=O)[O-])c1. The number of fused-ring (bicyclic) bond motifs is 1. The Morgan fingerprint density at radius 2 is 2.07 bits per heavy atom. The zero-order chi connectivity index (χ0) is 20.1. The van der Waals surface area contributed by atoms with Gasteiger partial charge in [-0.1, -0.05) is 34.1 Å². The fraction of sp³-hybridized carbons (Fsp3) is 0.0556. The molecule has 0 aliphatic carbocycles. The Bertz CT molecular complexity index is 1090. The van der Waals surface area contributed by atoms with Crippen molar-refractivity contribution in [3.8, 4) is 5.75 Å². The first kappa shape index (κ1) is 19.9. The van der Waals surface area contributed by atoms with Crippen LogP contribution < -0.4 is 10.2 Å². The summed E-state index contributed by atoms with van der Waals surface area (Å²) in [5, 5.41) is 15.4. The van der Waals surface area contributed by atoms with Gasteiger partial charge in [0, 0.05) is 33.8 Å². The molecule has 1 N–H and O–H groups in total. The second kappa shape index (κ2) is 8.89. The van der Waals surface area contributed by atoms with Crippen molar-refractivity contribution >= 4 is 60.6 Å². The highest BCUT2D eigenvalue weighted by molar-refractivity contribution is 9.11. The molecule has 0 unspecified atom stereocenters. The fourth-order valence-electron chi connectivity index (χ4n) is 2.35. The molecule has 0 aliphatic heterocycles. The van der Waals surface area contributed by atoms with Crippen molar-refractivity contribution in [1.82, 2.24) is 10.4 Å². The minimum Gasteiger partial charge on any atom is -0.480 e. The average Bonchev–Trinajstić information content (AvgIpc) is 2.68. The number of nitro benzene ring substituents is 1. The van der Waals surface area contributed by atoms with Crippen molar-refractivity contribution in [2.45, 2.75) is 0 Å². The molecular weight excluding hydrogens is 496 g/mol. The van der Waals surface area contributed by atoms with E-state index >= 15 is 0 Å². The third-order valence-corrected chi connectivity index (χ3v) is 4.83. The number of carbonyl (C=O) groups excluding carboxylic acids is 1. The van der Waals surface area contributed by atoms with Gasteiger partial charge in [0.05, 0.1) is 15.6 Å². The van der Waals surface area contributed by atoms with Gasteiger partial charge < -0.3 is 4.74 Å². The minimum atomic E-state index is -0.502. The van der Waals surface area contributed by atoms with Gasteiger partial charge in [-0.2, -0.15) is 5.10 Å². The Kier molecular flexibility index (Phi) is 6.32. The van der Waals surface area contributed by atoms with Crippen molar-refractivity contribution in [1.29, 1.82) is 0 Å². The van der Waals surface area contributed by atoms with Crippen molar-refractivity contribution in [2.75, 3.05) is 6.61 Å². The number of benzene rings is 2. The molecule has 1 aromatic heterocycles. The van der Waals surface area contributed by atoms with E-state index in [1.807, 2.05) is 12.1 Å². The standard InChI is InChI=1S/C18H12Br2N4O4/c19-14-8-15(20)18(17-13(14)5-2-6-21-17)28-10-16(25)23-22-9-11-3-1-4-12(7-11)24(26)27/h1-9H,10H2,(H,23,25)/b22-9-. The molecule has 0 aliphatic rings. The van der Waals surface area contributed by atoms with Crippen molar-refractivity contribution in [2.24, 2.45) is 5.10 Å². The number of ether oxygens (including phenoxy) is 1. The fourth-order valence-corrected chi connectivity index (χ4v) is 3.74. The maximum atomic E-state index is 12.0. The van der Waals surface area contributed by atoms with Gasteiger partial charge in [0.1, 0.15) is 5.52 Å². The van der Waals surface area contributed by atoms with E-state index in [1.165, 1.54) is 24.4 Å². The van der Waals surface area contributed by atoms with E-state index in [0.29, 0.717) is 21.3 Å². The van der Waals surface area contributed by atoms with Crippen molar-refractivity contribution < 1.29 is 14.5 Å². The molecule has 0 bridgehead atoms. The molecule has 142 valence electrons. The van der Waals surface area contributed by atoms with Gasteiger partial charge in [-0.15, -0.1) is 0 Å². The summed E-state index contributed by atoms with van der Waals surface area (Å²) in [6.45, 7) is -0.280. The number of carbonyl (C=O) groups is 1. The molecule has 2 aromatic carbocycles. The second-order valence-corrected chi connectivity index (χ2v) is 7.21. The Hall–Kier alpha value is -2.85. The van der Waals surface area contributed by atoms with Gasteiger partial charge in [-0.05, 0) is 28.1 Å². The van der Waals surface area contributed by atoms with Crippen LogP contribution in [0, 0.1) is 10.1 Å². The largest absolute Gasteiger partial charge is 0.480 e. The van der Waals surface area contributed by atoms with Crippen LogP contribution in [0.15, 0.2) is 62.7 Å². The third-order valence-electron chi connectivity index (χ3n) is 3.58. The molecule has 10 heteroatoms. The summed E-state index contributed by atoms with van der Waals surface area (Å²) in [5.41, 5.74) is 3.36. The highest BCUT2D eigenvalue weighted by atomic mass is 79.9. The van der Waals surface area contributed by atoms with Gasteiger partial charge >= 0.3 is 0 Å². The molecule has 28 heavy (non-hydrogen) atoms. The predicted molar refractivity (Wildman–Crippen MR) is 111 cm³/mol. The topological polar surface area (TPSA) is 107 Å². The number of hydrazone groups is 1. The normalized spacial score (nSPS) is 10.9. The molecule has 0 saturated heterocycles. The summed E-state index contributed by atoms with van der Waals surface area (Å²) in [4.78, 5) is 26.6. The van der Waals surface area contributed by atoms with E-state index < -0.39 is 10.8 Å². The average molecular weight is 508 g/mol. The van der Waals surface area contributed by atoms with Crippen LogP contribution in [0.5, 0.6) is 5.75 Å². The van der Waals surface area contributed by atoms with Crippen LogP contribution in [-0.2, 0) is 4.79 Å². The number of hydrogen-bond donors (Lipinski definition) is 1. The second-order valence-electron chi connectivity index (χ2n) is 5.50. The van der Waals surface area contributed by atoms with E-state index in [1.54, 1.807) is 18.3 Å². The number of aromatic nitrogens is 1. The molecule has 0 saturated carbocycles. The van der Waals surface area contributed by atoms with Crippen LogP contribution in [0.2, 0.25) is 0 Å². The number of halogens is 2. The summed E-state index contributed by atoms with van der Waals surface area (Å²) < 4.78 is 7.11. The molecule has 0 radical (unpaired) electrons. The quantitative estimate of drug-likeness (QED) is 0.305. The summed E-state index contributed by atoms with van der Waals surface area (Å²) in [6, 6.07) is 11.4. The minimum absolute atomic E-state index is 0.0573. The lowest BCUT2D eigenvalue weighted by Crippen LogP contribution is -2.24. The first-order chi connectivity index (χ1) is 13.5. The Balaban J connectivity index is 1.65. The molecule has 3 rings (SSSR count). The van der Waals surface area contributed by atoms with Gasteiger partial charge in [0.25, 0.3) is 11.6 Å². The smallest absolute Gasteiger partial charge is 0.277 e. The monoisotopic (exact) mass is 506 g/mol. The van der Waals surface area contributed by atoms with Crippen LogP contribution >= 0.6 is 31.9 Å². The lowest BCUT2D eigenvalue weighted by atomic mass is 10.2. The summed E-state index contributed by atoms with van der Waals surface area (Å²) in [7, 11) is 0. The summed E-state index contributed by atoms with van der Waals surface area (Å²) in [5.74, 6) is -0.0443. The lowest BCUT2D eigenvalue weighted by Gasteiger charge is -2.11. The number of hydrogen-bond acceptors (Lipinski definition) is 6. The zero-order valence-electron chi connectivity index (χ0n) is 14.1. The number of nitrogens with zero attached hydrogens (tertiary/aromatic N) is 3. The van der Waals surface area contributed by atoms with Gasteiger partial charge in [0.2, 0.25) is 0 Å². The predicted octanol–water partition coefficient (Wildman–Crippen LogP) is 4.20.